The molecule has 1 aromatic heterocycles. The van der Waals surface area contributed by atoms with Crippen molar-refractivity contribution in [2.75, 3.05) is 7.11 Å². The van der Waals surface area contributed by atoms with Crippen molar-refractivity contribution >= 4 is 0 Å². The summed E-state index contributed by atoms with van der Waals surface area (Å²) in [6.45, 7) is 0. The fourth-order valence-corrected chi connectivity index (χ4v) is 1.87. The van der Waals surface area contributed by atoms with Gasteiger partial charge in [-0.05, 0) is 11.6 Å². The largest absolute Gasteiger partial charge is 0.481 e. The summed E-state index contributed by atoms with van der Waals surface area (Å²) in [6, 6.07) is 2.88. The van der Waals surface area contributed by atoms with Gasteiger partial charge in [-0.2, -0.15) is 5.26 Å². The lowest BCUT2D eigenvalue weighted by atomic mass is 10.0. The second-order valence-electron chi connectivity index (χ2n) is 4.18. The molecule has 0 radical (unpaired) electrons. The van der Waals surface area contributed by atoms with E-state index in [0.29, 0.717) is 0 Å². The highest BCUT2D eigenvalue weighted by atomic mass is 19.2. The first kappa shape index (κ1) is 15.7. The van der Waals surface area contributed by atoms with E-state index in [1.54, 1.807) is 6.07 Å². The Bertz CT molecular complexity index is 757. The Morgan fingerprint density at radius 3 is 2.09 bits per heavy atom. The Hall–Kier alpha value is -2.69. The average molecular weight is 314 g/mol. The quantitative estimate of drug-likeness (QED) is 0.495. The van der Waals surface area contributed by atoms with Gasteiger partial charge in [0.2, 0.25) is 11.7 Å². The zero-order chi connectivity index (χ0) is 16.4. The zero-order valence-corrected chi connectivity index (χ0v) is 11.1. The molecule has 0 bridgehead atoms. The maximum Gasteiger partial charge on any atom is 0.221 e. The highest BCUT2D eigenvalue weighted by molar-refractivity contribution is 5.71. The van der Waals surface area contributed by atoms with Crippen molar-refractivity contribution in [3.63, 3.8) is 0 Å². The summed E-state index contributed by atoms with van der Waals surface area (Å²) in [5.74, 6) is -10.7. The highest BCUT2D eigenvalue weighted by Gasteiger charge is 2.28. The standard InChI is InChI=1S/C14H7F5N2O/c1-22-14-7(4-6(2-3-20)5-21-14)8-9(15)11(17)13(19)12(18)10(8)16/h4-5H,2H2,1H3. The Balaban J connectivity index is 2.82. The molecule has 0 saturated heterocycles. The van der Waals surface area contributed by atoms with Crippen molar-refractivity contribution in [2.24, 2.45) is 0 Å². The number of hydrogen-bond donors (Lipinski definition) is 0. The highest BCUT2D eigenvalue weighted by Crippen LogP contribution is 2.36. The van der Waals surface area contributed by atoms with E-state index in [9.17, 15) is 22.0 Å². The molecule has 0 fully saturated rings. The molecule has 0 N–H and O–H groups in total. The molecule has 1 aromatic carbocycles. The second kappa shape index (κ2) is 5.97. The Morgan fingerprint density at radius 1 is 1.05 bits per heavy atom. The molecule has 0 saturated carbocycles. The second-order valence-corrected chi connectivity index (χ2v) is 4.18. The number of pyridine rings is 1. The predicted octanol–water partition coefficient (Wildman–Crippen LogP) is 3.52. The maximum absolute atomic E-state index is 13.9. The van der Waals surface area contributed by atoms with Gasteiger partial charge in [-0.1, -0.05) is 0 Å². The fraction of sp³-hybridized carbons (Fsp3) is 0.143. The molecule has 0 spiro atoms. The summed E-state index contributed by atoms with van der Waals surface area (Å²) in [5, 5.41) is 8.61. The van der Waals surface area contributed by atoms with Crippen LogP contribution in [-0.2, 0) is 6.42 Å². The van der Waals surface area contributed by atoms with Gasteiger partial charge in [0.1, 0.15) is 0 Å². The maximum atomic E-state index is 13.9. The fourth-order valence-electron chi connectivity index (χ4n) is 1.87. The number of nitrogens with zero attached hydrogens (tertiary/aromatic N) is 2. The summed E-state index contributed by atoms with van der Waals surface area (Å²) in [6.07, 6.45) is 1.05. The van der Waals surface area contributed by atoms with Gasteiger partial charge in [0.15, 0.2) is 23.3 Å². The molecular formula is C14H7F5N2O. The first-order chi connectivity index (χ1) is 10.4. The van der Waals surface area contributed by atoms with Gasteiger partial charge in [-0.3, -0.25) is 0 Å². The number of halogens is 5. The minimum atomic E-state index is -2.25. The van der Waals surface area contributed by atoms with Crippen molar-refractivity contribution in [2.45, 2.75) is 6.42 Å². The number of nitriles is 1. The molecule has 3 nitrogen and oxygen atoms in total. The Morgan fingerprint density at radius 2 is 1.59 bits per heavy atom. The molecule has 0 amide bonds. The van der Waals surface area contributed by atoms with Crippen LogP contribution >= 0.6 is 0 Å². The van der Waals surface area contributed by atoms with Crippen LogP contribution in [0.15, 0.2) is 12.3 Å². The molecule has 2 rings (SSSR count). The molecule has 0 unspecified atom stereocenters. The molecular weight excluding hydrogens is 307 g/mol. The van der Waals surface area contributed by atoms with Gasteiger partial charge < -0.3 is 4.74 Å². The van der Waals surface area contributed by atoms with E-state index in [2.05, 4.69) is 4.98 Å². The molecule has 114 valence electrons. The van der Waals surface area contributed by atoms with Crippen LogP contribution in [0.5, 0.6) is 5.88 Å². The third-order valence-electron chi connectivity index (χ3n) is 2.86. The van der Waals surface area contributed by atoms with Gasteiger partial charge in [-0.15, -0.1) is 0 Å². The first-order valence-electron chi connectivity index (χ1n) is 5.84. The number of ether oxygens (including phenoxy) is 1. The van der Waals surface area contributed by atoms with Gasteiger partial charge in [0.25, 0.3) is 0 Å². The van der Waals surface area contributed by atoms with Crippen LogP contribution in [0.3, 0.4) is 0 Å². The lowest BCUT2D eigenvalue weighted by molar-refractivity contribution is 0.378. The first-order valence-corrected chi connectivity index (χ1v) is 5.84. The van der Waals surface area contributed by atoms with Crippen molar-refractivity contribution in [1.82, 2.24) is 4.98 Å². The topological polar surface area (TPSA) is 45.9 Å². The Kier molecular flexibility index (Phi) is 4.26. The molecule has 22 heavy (non-hydrogen) atoms. The van der Waals surface area contributed by atoms with Crippen LogP contribution < -0.4 is 4.74 Å². The van der Waals surface area contributed by atoms with E-state index in [1.807, 2.05) is 0 Å². The average Bonchev–Trinajstić information content (AvgIpc) is 2.52. The molecule has 0 aliphatic carbocycles. The normalized spacial score (nSPS) is 10.4. The van der Waals surface area contributed by atoms with Crippen molar-refractivity contribution in [3.8, 4) is 23.1 Å². The third kappa shape index (κ3) is 2.45. The molecule has 8 heteroatoms. The number of methoxy groups -OCH3 is 1. The molecule has 0 atom stereocenters. The van der Waals surface area contributed by atoms with Crippen LogP contribution in [0.2, 0.25) is 0 Å². The van der Waals surface area contributed by atoms with E-state index >= 15 is 0 Å². The molecule has 0 aliphatic heterocycles. The van der Waals surface area contributed by atoms with E-state index in [1.165, 1.54) is 6.20 Å². The number of benzene rings is 1. The molecule has 2 aromatic rings. The lowest BCUT2D eigenvalue weighted by Crippen LogP contribution is -2.06. The SMILES string of the molecule is COc1ncc(CC#N)cc1-c1c(F)c(F)c(F)c(F)c1F. The van der Waals surface area contributed by atoms with Crippen LogP contribution in [0.25, 0.3) is 11.1 Å². The summed E-state index contributed by atoms with van der Waals surface area (Å²) in [5.41, 5.74) is -1.34. The minimum absolute atomic E-state index is 0.153. The minimum Gasteiger partial charge on any atom is -0.481 e. The monoisotopic (exact) mass is 314 g/mol. The summed E-state index contributed by atoms with van der Waals surface area (Å²) < 4.78 is 72.2. The lowest BCUT2D eigenvalue weighted by Gasteiger charge is -2.12. The number of hydrogen-bond acceptors (Lipinski definition) is 3. The number of aromatic nitrogens is 1. The van der Waals surface area contributed by atoms with Gasteiger partial charge in [-0.25, -0.2) is 26.9 Å². The summed E-state index contributed by atoms with van der Waals surface area (Å²) >= 11 is 0. The molecule has 0 aliphatic rings. The zero-order valence-electron chi connectivity index (χ0n) is 11.1. The van der Waals surface area contributed by atoms with Crippen LogP contribution in [0.4, 0.5) is 22.0 Å². The molecule has 1 heterocycles. The Labute approximate surface area is 121 Å². The van der Waals surface area contributed by atoms with E-state index in [0.717, 1.165) is 13.2 Å². The van der Waals surface area contributed by atoms with Gasteiger partial charge in [0.05, 0.1) is 30.7 Å². The number of rotatable bonds is 3. The van der Waals surface area contributed by atoms with Crippen LogP contribution in [0, 0.1) is 40.4 Å². The van der Waals surface area contributed by atoms with E-state index in [-0.39, 0.29) is 17.9 Å². The van der Waals surface area contributed by atoms with E-state index in [4.69, 9.17) is 10.00 Å². The van der Waals surface area contributed by atoms with Crippen LogP contribution in [-0.4, -0.2) is 12.1 Å². The smallest absolute Gasteiger partial charge is 0.221 e. The van der Waals surface area contributed by atoms with E-state index < -0.39 is 40.2 Å². The third-order valence-corrected chi connectivity index (χ3v) is 2.86. The summed E-state index contributed by atoms with van der Waals surface area (Å²) in [4.78, 5) is 3.71. The van der Waals surface area contributed by atoms with Gasteiger partial charge in [0, 0.05) is 6.20 Å². The predicted molar refractivity (Wildman–Crippen MR) is 65.3 cm³/mol. The van der Waals surface area contributed by atoms with Crippen molar-refractivity contribution < 1.29 is 26.7 Å². The van der Waals surface area contributed by atoms with Gasteiger partial charge >= 0.3 is 0 Å². The van der Waals surface area contributed by atoms with Crippen LogP contribution in [0.1, 0.15) is 5.56 Å². The van der Waals surface area contributed by atoms with Crippen molar-refractivity contribution in [3.05, 3.63) is 46.9 Å². The van der Waals surface area contributed by atoms with Crippen molar-refractivity contribution in [1.29, 1.82) is 5.26 Å². The summed E-state index contributed by atoms with van der Waals surface area (Å²) in [7, 11) is 1.13.